The fourth-order valence-corrected chi connectivity index (χ4v) is 3.88. The van der Waals surface area contributed by atoms with E-state index >= 15 is 0 Å². The molecule has 0 bridgehead atoms. The van der Waals surface area contributed by atoms with Crippen molar-refractivity contribution in [1.29, 1.82) is 0 Å². The number of carbonyl (C=O) groups is 2. The van der Waals surface area contributed by atoms with E-state index in [2.05, 4.69) is 4.72 Å². The predicted molar refractivity (Wildman–Crippen MR) is 117 cm³/mol. The molecule has 2 aromatic rings. The van der Waals surface area contributed by atoms with E-state index in [0.29, 0.717) is 30.9 Å². The predicted octanol–water partition coefficient (Wildman–Crippen LogP) is 4.72. The molecule has 14 heteroatoms. The summed E-state index contributed by atoms with van der Waals surface area (Å²) in [5.74, 6) is -5.99. The van der Waals surface area contributed by atoms with Gasteiger partial charge in [-0.2, -0.15) is 13.2 Å². The van der Waals surface area contributed by atoms with E-state index in [1.54, 1.807) is 0 Å². The molecule has 0 heterocycles. The minimum Gasteiger partial charge on any atom is -0.478 e. The van der Waals surface area contributed by atoms with Gasteiger partial charge in [-0.05, 0) is 49.7 Å². The van der Waals surface area contributed by atoms with Crippen LogP contribution < -0.4 is 9.62 Å². The number of hydrogen-bond donors (Lipinski definition) is 3. The van der Waals surface area contributed by atoms with Gasteiger partial charge in [-0.1, -0.05) is 13.3 Å². The number of aromatic carboxylic acids is 1. The molecule has 0 amide bonds. The molecule has 194 valence electrons. The molecule has 0 atom stereocenters. The van der Waals surface area contributed by atoms with Gasteiger partial charge in [0.1, 0.15) is 16.5 Å². The maximum Gasteiger partial charge on any atom is 0.490 e. The Morgan fingerprint density at radius 1 is 1.03 bits per heavy atom. The SMILES string of the molecule is CCCCN(CC)c1ccc(NS(=O)(=O)c2cc(F)ccc2F)cc1C(=O)O.O=C(O)C(F)(F)F. The van der Waals surface area contributed by atoms with Crippen LogP contribution in [0.4, 0.5) is 33.3 Å². The second kappa shape index (κ2) is 12.3. The van der Waals surface area contributed by atoms with Crippen molar-refractivity contribution in [3.8, 4) is 0 Å². The van der Waals surface area contributed by atoms with Gasteiger partial charge in [-0.25, -0.2) is 26.8 Å². The third-order valence-electron chi connectivity index (χ3n) is 4.41. The molecule has 8 nitrogen and oxygen atoms in total. The van der Waals surface area contributed by atoms with Gasteiger partial charge in [0.05, 0.1) is 11.3 Å². The fraction of sp³-hybridized carbons (Fsp3) is 0.333. The van der Waals surface area contributed by atoms with Crippen molar-refractivity contribution in [2.24, 2.45) is 0 Å². The third-order valence-corrected chi connectivity index (χ3v) is 5.80. The summed E-state index contributed by atoms with van der Waals surface area (Å²) in [5.41, 5.74) is 0.317. The number of aliphatic carboxylic acids is 1. The molecular formula is C21H23F5N2O6S. The lowest BCUT2D eigenvalue weighted by atomic mass is 10.1. The Kier molecular flexibility index (Phi) is 10.4. The first-order chi connectivity index (χ1) is 16.1. The van der Waals surface area contributed by atoms with Crippen molar-refractivity contribution >= 4 is 33.3 Å². The van der Waals surface area contributed by atoms with E-state index in [1.165, 1.54) is 18.2 Å². The highest BCUT2D eigenvalue weighted by Crippen LogP contribution is 2.27. The lowest BCUT2D eigenvalue weighted by Gasteiger charge is -2.25. The van der Waals surface area contributed by atoms with Crippen molar-refractivity contribution < 1.29 is 50.2 Å². The summed E-state index contributed by atoms with van der Waals surface area (Å²) in [4.78, 5) is 21.6. The number of alkyl halides is 3. The van der Waals surface area contributed by atoms with E-state index in [4.69, 9.17) is 9.90 Å². The van der Waals surface area contributed by atoms with Crippen molar-refractivity contribution in [3.63, 3.8) is 0 Å². The number of rotatable bonds is 9. The molecule has 0 fully saturated rings. The quantitative estimate of drug-likeness (QED) is 0.404. The first kappa shape index (κ1) is 29.6. The molecule has 0 spiro atoms. The highest BCUT2D eigenvalue weighted by molar-refractivity contribution is 7.92. The molecule has 0 aromatic heterocycles. The molecule has 2 rings (SSSR count). The number of unbranched alkanes of at least 4 members (excludes halogenated alkanes) is 1. The number of nitrogens with zero attached hydrogens (tertiary/aromatic N) is 1. The van der Waals surface area contributed by atoms with E-state index in [9.17, 15) is 40.3 Å². The molecule has 0 saturated heterocycles. The van der Waals surface area contributed by atoms with Crippen LogP contribution in [-0.4, -0.2) is 49.8 Å². The van der Waals surface area contributed by atoms with Gasteiger partial charge in [0.2, 0.25) is 0 Å². The van der Waals surface area contributed by atoms with Crippen LogP contribution in [0.15, 0.2) is 41.3 Å². The van der Waals surface area contributed by atoms with Crippen LogP contribution in [-0.2, 0) is 14.8 Å². The monoisotopic (exact) mass is 526 g/mol. The van der Waals surface area contributed by atoms with Crippen LogP contribution in [0.5, 0.6) is 0 Å². The molecule has 2 aromatic carbocycles. The fourth-order valence-electron chi connectivity index (χ4n) is 2.74. The van der Waals surface area contributed by atoms with Gasteiger partial charge in [0.15, 0.2) is 0 Å². The average Bonchev–Trinajstić information content (AvgIpc) is 2.76. The van der Waals surface area contributed by atoms with Crippen molar-refractivity contribution in [3.05, 3.63) is 53.6 Å². The summed E-state index contributed by atoms with van der Waals surface area (Å²) in [5, 5.41) is 16.7. The maximum atomic E-state index is 13.8. The molecular weight excluding hydrogens is 503 g/mol. The second-order valence-corrected chi connectivity index (χ2v) is 8.60. The highest BCUT2D eigenvalue weighted by atomic mass is 32.2. The minimum absolute atomic E-state index is 0.0589. The summed E-state index contributed by atoms with van der Waals surface area (Å²) >= 11 is 0. The van der Waals surface area contributed by atoms with Gasteiger partial charge < -0.3 is 15.1 Å². The number of carboxylic acid groups (broad SMARTS) is 2. The Labute approximate surface area is 198 Å². The van der Waals surface area contributed by atoms with Gasteiger partial charge in [0.25, 0.3) is 10.0 Å². The number of benzene rings is 2. The number of sulfonamides is 1. The van der Waals surface area contributed by atoms with Crippen LogP contribution in [0.1, 0.15) is 37.0 Å². The first-order valence-electron chi connectivity index (χ1n) is 10.0. The van der Waals surface area contributed by atoms with Crippen molar-refractivity contribution in [2.45, 2.75) is 37.8 Å². The summed E-state index contributed by atoms with van der Waals surface area (Å²) in [6.07, 6.45) is -3.27. The number of hydrogen-bond acceptors (Lipinski definition) is 5. The zero-order valence-electron chi connectivity index (χ0n) is 18.6. The zero-order valence-corrected chi connectivity index (χ0v) is 19.4. The van der Waals surface area contributed by atoms with Gasteiger partial charge in [-0.3, -0.25) is 4.72 Å². The largest absolute Gasteiger partial charge is 0.490 e. The Morgan fingerprint density at radius 2 is 1.63 bits per heavy atom. The highest BCUT2D eigenvalue weighted by Gasteiger charge is 2.38. The minimum atomic E-state index is -5.08. The van der Waals surface area contributed by atoms with Gasteiger partial charge in [-0.15, -0.1) is 0 Å². The number of carboxylic acids is 2. The lowest BCUT2D eigenvalue weighted by Crippen LogP contribution is -2.26. The summed E-state index contributed by atoms with van der Waals surface area (Å²) in [6, 6.07) is 6.14. The molecule has 0 aliphatic heterocycles. The van der Waals surface area contributed by atoms with Crippen LogP contribution >= 0.6 is 0 Å². The smallest absolute Gasteiger partial charge is 0.478 e. The van der Waals surface area contributed by atoms with Crippen LogP contribution in [0.2, 0.25) is 0 Å². The Bertz CT molecular complexity index is 1160. The van der Waals surface area contributed by atoms with Crippen molar-refractivity contribution in [1.82, 2.24) is 0 Å². The standard InChI is InChI=1S/C19H22F2N2O4S.C2HF3O2/c1-3-5-10-23(4-2)17-9-7-14(12-15(17)19(24)25)22-28(26,27)18-11-13(20)6-8-16(18)21;3-2(4,5)1(6)7/h6-9,11-12,22H,3-5,10H2,1-2H3,(H,24,25);(H,6,7). The number of nitrogens with one attached hydrogen (secondary N) is 1. The Hall–Kier alpha value is -3.42. The van der Waals surface area contributed by atoms with Crippen molar-refractivity contribution in [2.75, 3.05) is 22.7 Å². The van der Waals surface area contributed by atoms with Crippen LogP contribution in [0.3, 0.4) is 0 Å². The molecule has 0 radical (unpaired) electrons. The van der Waals surface area contributed by atoms with E-state index in [1.807, 2.05) is 18.7 Å². The number of anilines is 2. The summed E-state index contributed by atoms with van der Waals surface area (Å²) in [7, 11) is -4.43. The molecule has 0 aliphatic rings. The van der Waals surface area contributed by atoms with E-state index < -0.39 is 44.7 Å². The topological polar surface area (TPSA) is 124 Å². The van der Waals surface area contributed by atoms with E-state index in [-0.39, 0.29) is 11.3 Å². The third kappa shape index (κ3) is 8.70. The molecule has 35 heavy (non-hydrogen) atoms. The Morgan fingerprint density at radius 3 is 2.11 bits per heavy atom. The lowest BCUT2D eigenvalue weighted by molar-refractivity contribution is -0.192. The normalized spacial score (nSPS) is 11.3. The van der Waals surface area contributed by atoms with Gasteiger partial charge in [0, 0.05) is 18.8 Å². The molecule has 3 N–H and O–H groups in total. The molecule has 0 aliphatic carbocycles. The Balaban J connectivity index is 0.000000762. The second-order valence-electron chi connectivity index (χ2n) is 6.95. The maximum absolute atomic E-state index is 13.8. The van der Waals surface area contributed by atoms with Crippen LogP contribution in [0.25, 0.3) is 0 Å². The summed E-state index contributed by atoms with van der Waals surface area (Å²) in [6.45, 7) is 5.16. The first-order valence-corrected chi connectivity index (χ1v) is 11.5. The average molecular weight is 526 g/mol. The van der Waals surface area contributed by atoms with Gasteiger partial charge >= 0.3 is 18.1 Å². The zero-order chi connectivity index (χ0) is 27.0. The molecule has 0 unspecified atom stereocenters. The van der Waals surface area contributed by atoms with Crippen LogP contribution in [0, 0.1) is 11.6 Å². The molecule has 0 saturated carbocycles. The van der Waals surface area contributed by atoms with E-state index in [0.717, 1.165) is 18.9 Å². The number of halogens is 5. The summed E-state index contributed by atoms with van der Waals surface area (Å²) < 4.78 is 85.8.